The number of fused-ring (bicyclic) bond motifs is 1. The van der Waals surface area contributed by atoms with Gasteiger partial charge in [-0.3, -0.25) is 14.8 Å². The van der Waals surface area contributed by atoms with Gasteiger partial charge < -0.3 is 10.4 Å². The maximum absolute atomic E-state index is 14.4. The first-order valence-corrected chi connectivity index (χ1v) is 9.80. The van der Waals surface area contributed by atoms with E-state index < -0.39 is 5.82 Å². The summed E-state index contributed by atoms with van der Waals surface area (Å²) in [7, 11) is 0. The summed E-state index contributed by atoms with van der Waals surface area (Å²) in [5, 5.41) is 20.7. The van der Waals surface area contributed by atoms with Crippen molar-refractivity contribution in [2.45, 2.75) is 25.3 Å². The molecule has 3 N–H and O–H groups in total. The normalized spacial score (nSPS) is 18.4. The van der Waals surface area contributed by atoms with Crippen LogP contribution in [0.2, 0.25) is 0 Å². The molecule has 1 saturated carbocycles. The maximum atomic E-state index is 14.4. The average Bonchev–Trinajstić information content (AvgIpc) is 3.37. The van der Waals surface area contributed by atoms with Crippen molar-refractivity contribution in [3.05, 3.63) is 41.3 Å². The highest BCUT2D eigenvalue weighted by Crippen LogP contribution is 2.42. The van der Waals surface area contributed by atoms with Gasteiger partial charge in [-0.15, -0.1) is 0 Å². The number of carbonyl (C=O) groups excluding carboxylic acids is 1. The number of rotatable bonds is 4. The summed E-state index contributed by atoms with van der Waals surface area (Å²) < 4.78 is 14.4. The molecule has 3 aromatic rings. The fourth-order valence-electron chi connectivity index (χ4n) is 4.27. The summed E-state index contributed by atoms with van der Waals surface area (Å²) in [6.07, 6.45) is 2.21. The number of aromatic hydroxyl groups is 1. The number of benzene rings is 1. The van der Waals surface area contributed by atoms with Crippen molar-refractivity contribution in [2.24, 2.45) is 0 Å². The molecule has 29 heavy (non-hydrogen) atoms. The number of aryl methyl sites for hydroxylation is 1. The summed E-state index contributed by atoms with van der Waals surface area (Å²) >= 11 is 0. The first-order valence-electron chi connectivity index (χ1n) is 9.80. The Balaban J connectivity index is 1.56. The van der Waals surface area contributed by atoms with E-state index in [0.29, 0.717) is 28.8 Å². The van der Waals surface area contributed by atoms with Crippen LogP contribution < -0.4 is 5.32 Å². The summed E-state index contributed by atoms with van der Waals surface area (Å²) in [6, 6.07) is 5.54. The molecule has 0 radical (unpaired) electrons. The zero-order chi connectivity index (χ0) is 20.2. The van der Waals surface area contributed by atoms with Crippen LogP contribution in [-0.2, 0) is 0 Å². The van der Waals surface area contributed by atoms with Crippen molar-refractivity contribution in [3.8, 4) is 17.0 Å². The third-order valence-electron chi connectivity index (χ3n) is 6.08. The van der Waals surface area contributed by atoms with Gasteiger partial charge in [0.25, 0.3) is 0 Å². The van der Waals surface area contributed by atoms with Crippen LogP contribution in [-0.4, -0.2) is 62.7 Å². The molecule has 0 unspecified atom stereocenters. The van der Waals surface area contributed by atoms with Gasteiger partial charge in [0.2, 0.25) is 0 Å². The molecule has 2 aliphatic rings. The van der Waals surface area contributed by atoms with Crippen molar-refractivity contribution in [1.29, 1.82) is 0 Å². The molecule has 0 amide bonds. The Morgan fingerprint density at radius 2 is 2.17 bits per heavy atom. The maximum Gasteiger partial charge on any atom is 0.182 e. The molecular formula is C21H22FN5O2. The number of H-pyrrole nitrogens is 1. The van der Waals surface area contributed by atoms with E-state index in [9.17, 15) is 14.3 Å². The second kappa shape index (κ2) is 6.60. The summed E-state index contributed by atoms with van der Waals surface area (Å²) in [5.74, 6) is -0.773. The predicted molar refractivity (Wildman–Crippen MR) is 106 cm³/mol. The van der Waals surface area contributed by atoms with Crippen molar-refractivity contribution in [3.63, 3.8) is 0 Å². The Hall–Kier alpha value is -2.84. The van der Waals surface area contributed by atoms with Gasteiger partial charge in [-0.1, -0.05) is 0 Å². The molecule has 8 heteroatoms. The first-order chi connectivity index (χ1) is 14.0. The van der Waals surface area contributed by atoms with Gasteiger partial charge in [-0.25, -0.2) is 9.37 Å². The van der Waals surface area contributed by atoms with Crippen LogP contribution in [0.15, 0.2) is 24.3 Å². The molecule has 7 nitrogen and oxygen atoms in total. The van der Waals surface area contributed by atoms with Crippen LogP contribution in [0.4, 0.5) is 4.39 Å². The lowest BCUT2D eigenvalue weighted by molar-refractivity contribution is 0.0833. The zero-order valence-electron chi connectivity index (χ0n) is 16.1. The lowest BCUT2D eigenvalue weighted by atomic mass is 10.0. The minimum absolute atomic E-state index is 0.0180. The van der Waals surface area contributed by atoms with Crippen molar-refractivity contribution in [1.82, 2.24) is 25.4 Å². The van der Waals surface area contributed by atoms with Crippen LogP contribution >= 0.6 is 0 Å². The number of pyridine rings is 1. The number of hydrogen-bond donors (Lipinski definition) is 3. The number of phenolic OH excluding ortho intramolecular Hbond substituents is 1. The highest BCUT2D eigenvalue weighted by molar-refractivity contribution is 6.09. The molecule has 3 heterocycles. The fraction of sp³-hybridized carbons (Fsp3) is 0.381. The van der Waals surface area contributed by atoms with Gasteiger partial charge in [-0.2, -0.15) is 5.10 Å². The Labute approximate surface area is 166 Å². The second-order valence-electron chi connectivity index (χ2n) is 8.01. The van der Waals surface area contributed by atoms with Gasteiger partial charge in [0, 0.05) is 48.1 Å². The topological polar surface area (TPSA) is 94.1 Å². The number of aromatic nitrogens is 3. The molecule has 0 bridgehead atoms. The van der Waals surface area contributed by atoms with Crippen molar-refractivity contribution < 1.29 is 14.3 Å². The molecule has 2 fully saturated rings. The number of nitrogens with one attached hydrogen (secondary N) is 2. The predicted octanol–water partition coefficient (Wildman–Crippen LogP) is 2.40. The van der Waals surface area contributed by atoms with Crippen molar-refractivity contribution in [2.75, 3.05) is 26.2 Å². The van der Waals surface area contributed by atoms with Crippen LogP contribution in [0.1, 0.15) is 28.9 Å². The van der Waals surface area contributed by atoms with E-state index in [-0.39, 0.29) is 22.6 Å². The number of piperazine rings is 1. The number of phenols is 1. The van der Waals surface area contributed by atoms with Gasteiger partial charge in [-0.05, 0) is 38.0 Å². The minimum Gasteiger partial charge on any atom is -0.508 e. The van der Waals surface area contributed by atoms with Gasteiger partial charge in [0.05, 0.1) is 17.6 Å². The average molecular weight is 395 g/mol. The SMILES string of the molecule is Cc1[nH]nc2nc(-c3ccc(O)cc3F)cc(C(=O)CN3CCNCC34CC4)c12. The monoisotopic (exact) mass is 395 g/mol. The molecule has 150 valence electrons. The van der Waals surface area contributed by atoms with Crippen LogP contribution in [0, 0.1) is 12.7 Å². The van der Waals surface area contributed by atoms with Crippen molar-refractivity contribution >= 4 is 16.8 Å². The van der Waals surface area contributed by atoms with Crippen LogP contribution in [0.5, 0.6) is 5.75 Å². The van der Waals surface area contributed by atoms with E-state index >= 15 is 0 Å². The molecule has 5 rings (SSSR count). The summed E-state index contributed by atoms with van der Waals surface area (Å²) in [6.45, 7) is 4.80. The quantitative estimate of drug-likeness (QED) is 0.588. The molecule has 2 aromatic heterocycles. The Kier molecular flexibility index (Phi) is 4.15. The van der Waals surface area contributed by atoms with Gasteiger partial charge in [0.1, 0.15) is 11.6 Å². The van der Waals surface area contributed by atoms with E-state index in [0.717, 1.165) is 44.2 Å². The minimum atomic E-state index is -0.596. The zero-order valence-corrected chi connectivity index (χ0v) is 16.1. The summed E-state index contributed by atoms with van der Waals surface area (Å²) in [4.78, 5) is 20.1. The molecule has 1 aliphatic carbocycles. The standard InChI is InChI=1S/C21H22FN5O2/c1-12-19-15(18(29)10-27-7-6-23-11-21(27)4-5-21)9-17(24-20(19)26-25-12)14-3-2-13(28)8-16(14)22/h2-3,8-9,23,28H,4-7,10-11H2,1H3,(H,24,25,26). The van der Waals surface area contributed by atoms with Crippen LogP contribution in [0.3, 0.4) is 0 Å². The molecule has 0 atom stereocenters. The first kappa shape index (κ1) is 18.2. The van der Waals surface area contributed by atoms with E-state index in [2.05, 4.69) is 25.4 Å². The van der Waals surface area contributed by atoms with E-state index in [1.807, 2.05) is 6.92 Å². The molecular weight excluding hydrogens is 373 g/mol. The Morgan fingerprint density at radius 3 is 2.93 bits per heavy atom. The van der Waals surface area contributed by atoms with E-state index in [4.69, 9.17) is 0 Å². The molecule has 1 aromatic carbocycles. The number of hydrogen-bond acceptors (Lipinski definition) is 6. The number of aromatic amines is 1. The van der Waals surface area contributed by atoms with E-state index in [1.54, 1.807) is 6.07 Å². The number of Topliss-reactive ketones (excluding diaryl/α,β-unsaturated/α-hetero) is 1. The summed E-state index contributed by atoms with van der Waals surface area (Å²) in [5.41, 5.74) is 2.30. The lowest BCUT2D eigenvalue weighted by Gasteiger charge is -2.36. The molecule has 1 aliphatic heterocycles. The fourth-order valence-corrected chi connectivity index (χ4v) is 4.27. The second-order valence-corrected chi connectivity index (χ2v) is 8.01. The Morgan fingerprint density at radius 1 is 1.34 bits per heavy atom. The van der Waals surface area contributed by atoms with E-state index in [1.165, 1.54) is 12.1 Å². The smallest absolute Gasteiger partial charge is 0.182 e. The highest BCUT2D eigenvalue weighted by atomic mass is 19.1. The third-order valence-corrected chi connectivity index (χ3v) is 6.08. The third kappa shape index (κ3) is 3.08. The molecule has 1 saturated heterocycles. The number of nitrogens with zero attached hydrogens (tertiary/aromatic N) is 3. The number of halogens is 1. The lowest BCUT2D eigenvalue weighted by Crippen LogP contribution is -2.54. The largest absolute Gasteiger partial charge is 0.508 e. The number of ketones is 1. The molecule has 1 spiro atoms. The van der Waals surface area contributed by atoms with Gasteiger partial charge >= 0.3 is 0 Å². The highest BCUT2D eigenvalue weighted by Gasteiger charge is 2.49. The Bertz CT molecular complexity index is 1120. The van der Waals surface area contributed by atoms with Gasteiger partial charge in [0.15, 0.2) is 11.4 Å². The number of carbonyl (C=O) groups is 1. The van der Waals surface area contributed by atoms with Crippen LogP contribution in [0.25, 0.3) is 22.3 Å².